The zero-order valence-electron chi connectivity index (χ0n) is 18.0. The van der Waals surface area contributed by atoms with Crippen molar-refractivity contribution in [1.29, 1.82) is 0 Å². The molecule has 0 aliphatic rings. The highest BCUT2D eigenvalue weighted by molar-refractivity contribution is 14.0. The number of benzene rings is 1. The number of hydrogen-bond acceptors (Lipinski definition) is 4. The summed E-state index contributed by atoms with van der Waals surface area (Å²) in [6, 6.07) is 7.92. The summed E-state index contributed by atoms with van der Waals surface area (Å²) in [5, 5.41) is 9.35. The van der Waals surface area contributed by atoms with E-state index >= 15 is 0 Å². The Morgan fingerprint density at radius 3 is 2.39 bits per heavy atom. The number of nitrogens with one attached hydrogen (secondary N) is 3. The van der Waals surface area contributed by atoms with Gasteiger partial charge >= 0.3 is 6.09 Å². The van der Waals surface area contributed by atoms with E-state index in [0.717, 1.165) is 11.3 Å². The molecule has 0 fully saturated rings. The quantitative estimate of drug-likeness (QED) is 0.299. The molecule has 8 heteroatoms. The zero-order valence-corrected chi connectivity index (χ0v) is 20.3. The number of rotatable bonds is 7. The van der Waals surface area contributed by atoms with Crippen molar-refractivity contribution in [3.63, 3.8) is 0 Å². The van der Waals surface area contributed by atoms with Gasteiger partial charge in [0, 0.05) is 20.1 Å². The molecule has 160 valence electrons. The molecule has 0 aromatic heterocycles. The van der Waals surface area contributed by atoms with Crippen molar-refractivity contribution in [3.05, 3.63) is 29.8 Å². The number of ether oxygens (including phenoxy) is 2. The maximum Gasteiger partial charge on any atom is 0.408 e. The minimum atomic E-state index is -0.527. The third kappa shape index (κ3) is 11.2. The largest absolute Gasteiger partial charge is 0.494 e. The molecule has 0 atom stereocenters. The maximum absolute atomic E-state index is 12.0. The van der Waals surface area contributed by atoms with Gasteiger partial charge in [0.05, 0.1) is 12.1 Å². The lowest BCUT2D eigenvalue weighted by atomic mass is 10.1. The molecular weight excluding hydrogens is 471 g/mol. The van der Waals surface area contributed by atoms with Crippen molar-refractivity contribution in [2.75, 3.05) is 20.2 Å². The standard InChI is InChI=1S/C20H34N4O3.HI/c1-8-26-16-11-9-10-15(12-16)13-22-17(21-7)23-14-20(5,6)24-18(25)27-19(2,3)4;/h9-12H,8,13-14H2,1-7H3,(H,24,25)(H2,21,22,23);1H. The van der Waals surface area contributed by atoms with Crippen LogP contribution in [0, 0.1) is 0 Å². The van der Waals surface area contributed by atoms with E-state index in [4.69, 9.17) is 9.47 Å². The van der Waals surface area contributed by atoms with Crippen molar-refractivity contribution in [2.24, 2.45) is 4.99 Å². The van der Waals surface area contributed by atoms with Crippen molar-refractivity contribution in [3.8, 4) is 5.75 Å². The van der Waals surface area contributed by atoms with E-state index < -0.39 is 17.2 Å². The van der Waals surface area contributed by atoms with Gasteiger partial charge in [0.1, 0.15) is 11.4 Å². The van der Waals surface area contributed by atoms with Crippen molar-refractivity contribution in [2.45, 2.75) is 59.2 Å². The number of aliphatic imine (C=N–C) groups is 1. The highest BCUT2D eigenvalue weighted by Crippen LogP contribution is 2.13. The second-order valence-corrected chi connectivity index (χ2v) is 7.87. The van der Waals surface area contributed by atoms with Crippen LogP contribution in [0.4, 0.5) is 4.79 Å². The minimum absolute atomic E-state index is 0. The fourth-order valence-electron chi connectivity index (χ4n) is 2.25. The summed E-state index contributed by atoms with van der Waals surface area (Å²) in [6.07, 6.45) is -0.440. The summed E-state index contributed by atoms with van der Waals surface area (Å²) in [7, 11) is 1.71. The third-order valence-corrected chi connectivity index (χ3v) is 3.43. The van der Waals surface area contributed by atoms with Crippen LogP contribution in [-0.2, 0) is 11.3 Å². The summed E-state index contributed by atoms with van der Waals surface area (Å²) in [5.74, 6) is 1.50. The summed E-state index contributed by atoms with van der Waals surface area (Å²) in [6.45, 7) is 13.1. The summed E-state index contributed by atoms with van der Waals surface area (Å²) in [5.41, 5.74) is 0.0609. The molecule has 1 amide bonds. The molecule has 7 nitrogen and oxygen atoms in total. The van der Waals surface area contributed by atoms with Crippen LogP contribution in [0.15, 0.2) is 29.3 Å². The minimum Gasteiger partial charge on any atom is -0.494 e. The molecule has 3 N–H and O–H groups in total. The van der Waals surface area contributed by atoms with E-state index in [-0.39, 0.29) is 24.0 Å². The van der Waals surface area contributed by atoms with E-state index in [1.165, 1.54) is 0 Å². The van der Waals surface area contributed by atoms with E-state index in [1.54, 1.807) is 7.05 Å². The molecule has 28 heavy (non-hydrogen) atoms. The molecular formula is C20H35IN4O3. The summed E-state index contributed by atoms with van der Waals surface area (Å²) >= 11 is 0. The van der Waals surface area contributed by atoms with Crippen LogP contribution in [0.1, 0.15) is 47.1 Å². The normalized spacial score (nSPS) is 11.9. The topological polar surface area (TPSA) is 84.0 Å². The second-order valence-electron chi connectivity index (χ2n) is 7.87. The lowest BCUT2D eigenvalue weighted by molar-refractivity contribution is 0.0474. The van der Waals surface area contributed by atoms with Gasteiger partial charge in [-0.1, -0.05) is 12.1 Å². The molecule has 0 radical (unpaired) electrons. The molecule has 0 aliphatic carbocycles. The molecule has 0 unspecified atom stereocenters. The van der Waals surface area contributed by atoms with Gasteiger partial charge in [0.15, 0.2) is 5.96 Å². The van der Waals surface area contributed by atoms with Gasteiger partial charge in [-0.3, -0.25) is 4.99 Å². The van der Waals surface area contributed by atoms with E-state index in [2.05, 4.69) is 20.9 Å². The average Bonchev–Trinajstić information content (AvgIpc) is 2.53. The van der Waals surface area contributed by atoms with Gasteiger partial charge in [-0.15, -0.1) is 24.0 Å². The van der Waals surface area contributed by atoms with E-state index in [1.807, 2.05) is 65.8 Å². The maximum atomic E-state index is 12.0. The van der Waals surface area contributed by atoms with Gasteiger partial charge in [0.2, 0.25) is 0 Å². The van der Waals surface area contributed by atoms with Gasteiger partial charge < -0.3 is 25.4 Å². The smallest absolute Gasteiger partial charge is 0.408 e. The molecule has 0 bridgehead atoms. The second kappa shape index (κ2) is 12.0. The number of guanidine groups is 1. The first kappa shape index (κ1) is 26.3. The first-order chi connectivity index (χ1) is 12.5. The fraction of sp³-hybridized carbons (Fsp3) is 0.600. The Hall–Kier alpha value is -1.71. The fourth-order valence-corrected chi connectivity index (χ4v) is 2.25. The van der Waals surface area contributed by atoms with Crippen LogP contribution < -0.4 is 20.7 Å². The Balaban J connectivity index is 0.00000729. The number of carbonyl (C=O) groups is 1. The average molecular weight is 506 g/mol. The van der Waals surface area contributed by atoms with Crippen molar-refractivity contribution >= 4 is 36.0 Å². The molecule has 0 aliphatic heterocycles. The van der Waals surface area contributed by atoms with Crippen LogP contribution in [-0.4, -0.2) is 43.4 Å². The lowest BCUT2D eigenvalue weighted by Gasteiger charge is -2.29. The Bertz CT molecular complexity index is 643. The number of carbonyl (C=O) groups excluding carboxylic acids is 1. The number of hydrogen-bond donors (Lipinski definition) is 3. The Kier molecular flexibility index (Phi) is 11.2. The molecule has 1 aromatic rings. The predicted molar refractivity (Wildman–Crippen MR) is 125 cm³/mol. The summed E-state index contributed by atoms with van der Waals surface area (Å²) in [4.78, 5) is 16.2. The predicted octanol–water partition coefficient (Wildman–Crippen LogP) is 3.67. The first-order valence-corrected chi connectivity index (χ1v) is 9.22. The molecule has 0 heterocycles. The third-order valence-electron chi connectivity index (χ3n) is 3.43. The Morgan fingerprint density at radius 1 is 1.14 bits per heavy atom. The van der Waals surface area contributed by atoms with Gasteiger partial charge in [0.25, 0.3) is 0 Å². The lowest BCUT2D eigenvalue weighted by Crippen LogP contribution is -2.54. The zero-order chi connectivity index (χ0) is 20.5. The highest BCUT2D eigenvalue weighted by Gasteiger charge is 2.24. The van der Waals surface area contributed by atoms with Crippen LogP contribution in [0.2, 0.25) is 0 Å². The SMILES string of the molecule is CCOc1cccc(CNC(=NC)NCC(C)(C)NC(=O)OC(C)(C)C)c1.I. The number of alkyl carbamates (subject to hydrolysis) is 1. The number of nitrogens with zero attached hydrogens (tertiary/aromatic N) is 1. The Morgan fingerprint density at radius 2 is 1.82 bits per heavy atom. The van der Waals surface area contributed by atoms with Crippen molar-refractivity contribution in [1.82, 2.24) is 16.0 Å². The van der Waals surface area contributed by atoms with Crippen LogP contribution in [0.3, 0.4) is 0 Å². The molecule has 0 spiro atoms. The van der Waals surface area contributed by atoms with E-state index in [0.29, 0.717) is 25.7 Å². The van der Waals surface area contributed by atoms with Crippen LogP contribution >= 0.6 is 24.0 Å². The van der Waals surface area contributed by atoms with Crippen LogP contribution in [0.5, 0.6) is 5.75 Å². The number of amides is 1. The Labute approximate surface area is 186 Å². The molecule has 1 rings (SSSR count). The van der Waals surface area contributed by atoms with Gasteiger partial charge in [-0.2, -0.15) is 0 Å². The van der Waals surface area contributed by atoms with Crippen LogP contribution in [0.25, 0.3) is 0 Å². The van der Waals surface area contributed by atoms with E-state index in [9.17, 15) is 4.79 Å². The van der Waals surface area contributed by atoms with Gasteiger partial charge in [-0.25, -0.2) is 4.79 Å². The first-order valence-electron chi connectivity index (χ1n) is 9.22. The molecule has 0 saturated carbocycles. The number of halogens is 1. The highest BCUT2D eigenvalue weighted by atomic mass is 127. The molecule has 0 saturated heterocycles. The molecule has 1 aromatic carbocycles. The summed E-state index contributed by atoms with van der Waals surface area (Å²) < 4.78 is 10.8. The van der Waals surface area contributed by atoms with Crippen molar-refractivity contribution < 1.29 is 14.3 Å². The monoisotopic (exact) mass is 506 g/mol. The van der Waals surface area contributed by atoms with Gasteiger partial charge in [-0.05, 0) is 59.2 Å².